The van der Waals surface area contributed by atoms with Crippen molar-refractivity contribution in [1.29, 1.82) is 0 Å². The zero-order valence-electron chi connectivity index (χ0n) is 4.90. The maximum Gasteiger partial charge on any atom is 0.193 e. The molecule has 0 aliphatic heterocycles. The minimum atomic E-state index is -2.83. The van der Waals surface area contributed by atoms with Crippen molar-refractivity contribution in [3.63, 3.8) is 0 Å². The summed E-state index contributed by atoms with van der Waals surface area (Å²) >= 11 is 4.40. The predicted molar refractivity (Wildman–Crippen MR) is 42.8 cm³/mol. The van der Waals surface area contributed by atoms with Gasteiger partial charge < -0.3 is 4.89 Å². The van der Waals surface area contributed by atoms with E-state index in [1.54, 1.807) is 0 Å². The molecule has 2 atom stereocenters. The molecular formula is C2H9N2O2PS2. The van der Waals surface area contributed by atoms with Gasteiger partial charge in [-0.25, -0.2) is 5.09 Å². The molecule has 4 N–H and O–H groups in total. The van der Waals surface area contributed by atoms with Crippen molar-refractivity contribution < 1.29 is 9.10 Å². The second-order valence-corrected chi connectivity index (χ2v) is 6.17. The summed E-state index contributed by atoms with van der Waals surface area (Å²) in [4.78, 5) is 8.72. The molecule has 7 heteroatoms. The fraction of sp³-hybridized carbons (Fsp3) is 1.00. The molecule has 0 spiro atoms. The van der Waals surface area contributed by atoms with Crippen molar-refractivity contribution in [2.24, 2.45) is 5.50 Å². The number of hydrogen-bond donors (Lipinski definition) is 3. The molecule has 0 rings (SSSR count). The van der Waals surface area contributed by atoms with Crippen LogP contribution >= 0.6 is 6.57 Å². The van der Waals surface area contributed by atoms with Gasteiger partial charge in [0.2, 0.25) is 0 Å². The molecule has 0 aromatic heterocycles. The third-order valence-electron chi connectivity index (χ3n) is 0.494. The SMILES string of the molecule is CS(=O)CNP(N)(O)=S. The monoisotopic (exact) mass is 188 g/mol. The highest BCUT2D eigenvalue weighted by Gasteiger charge is 2.02. The molecule has 0 saturated carbocycles. The lowest BCUT2D eigenvalue weighted by molar-refractivity contribution is 0.609. The Morgan fingerprint density at radius 3 is 2.56 bits per heavy atom. The van der Waals surface area contributed by atoms with E-state index in [9.17, 15) is 4.21 Å². The summed E-state index contributed by atoms with van der Waals surface area (Å²) in [6, 6.07) is 0. The van der Waals surface area contributed by atoms with Gasteiger partial charge in [0, 0.05) is 17.1 Å². The average molecular weight is 188 g/mol. The van der Waals surface area contributed by atoms with E-state index in [2.05, 4.69) is 16.9 Å². The highest BCUT2D eigenvalue weighted by molar-refractivity contribution is 8.09. The van der Waals surface area contributed by atoms with E-state index < -0.39 is 17.4 Å². The maximum atomic E-state index is 10.3. The number of hydrogen-bond acceptors (Lipinski definition) is 2. The molecule has 56 valence electrons. The average Bonchev–Trinajstić information content (AvgIpc) is 1.59. The number of nitrogens with two attached hydrogens (primary N) is 1. The minimum absolute atomic E-state index is 0.157. The van der Waals surface area contributed by atoms with E-state index in [0.29, 0.717) is 0 Å². The number of rotatable bonds is 3. The first-order valence-electron chi connectivity index (χ1n) is 2.08. The lowest BCUT2D eigenvalue weighted by atomic mass is 11.5. The summed E-state index contributed by atoms with van der Waals surface area (Å²) in [7, 11) is -1.00. The van der Waals surface area contributed by atoms with Crippen LogP contribution in [0.2, 0.25) is 0 Å². The van der Waals surface area contributed by atoms with Gasteiger partial charge in [-0.05, 0) is 11.8 Å². The standard InChI is InChI=1S/C2H9N2O2PS2/c1-9(6)2-4-7(3,5)8/h2H2,1H3,(H4,3,4,5,8). The topological polar surface area (TPSA) is 75.4 Å². The summed E-state index contributed by atoms with van der Waals surface area (Å²) in [5.41, 5.74) is 5.02. The summed E-state index contributed by atoms with van der Waals surface area (Å²) < 4.78 is 10.3. The van der Waals surface area contributed by atoms with Crippen LogP contribution in [0.5, 0.6) is 0 Å². The van der Waals surface area contributed by atoms with Crippen LogP contribution in [0.15, 0.2) is 0 Å². The second-order valence-electron chi connectivity index (χ2n) is 1.50. The van der Waals surface area contributed by atoms with Crippen LogP contribution in [0.3, 0.4) is 0 Å². The molecule has 2 unspecified atom stereocenters. The molecule has 0 saturated heterocycles. The fourth-order valence-electron chi connectivity index (χ4n) is 0.183. The van der Waals surface area contributed by atoms with Crippen molar-refractivity contribution in [2.75, 3.05) is 12.1 Å². The molecule has 0 aromatic carbocycles. The summed E-state index contributed by atoms with van der Waals surface area (Å²) in [5.74, 6) is 0.157. The van der Waals surface area contributed by atoms with Crippen molar-refractivity contribution in [3.8, 4) is 0 Å². The van der Waals surface area contributed by atoms with Gasteiger partial charge in [0.15, 0.2) is 6.57 Å². The molecule has 0 aliphatic carbocycles. The molecule has 9 heavy (non-hydrogen) atoms. The van der Waals surface area contributed by atoms with Gasteiger partial charge in [0.05, 0.1) is 5.88 Å². The molecular weight excluding hydrogens is 179 g/mol. The highest BCUT2D eigenvalue weighted by atomic mass is 32.4. The molecule has 0 radical (unpaired) electrons. The molecule has 0 heterocycles. The Kier molecular flexibility index (Phi) is 4.04. The first kappa shape index (κ1) is 9.68. The predicted octanol–water partition coefficient (Wildman–Crippen LogP) is -0.913. The van der Waals surface area contributed by atoms with Crippen molar-refractivity contribution >= 4 is 29.2 Å². The van der Waals surface area contributed by atoms with Crippen molar-refractivity contribution in [1.82, 2.24) is 5.09 Å². The largest absolute Gasteiger partial charge is 0.343 e. The van der Waals surface area contributed by atoms with E-state index in [-0.39, 0.29) is 5.88 Å². The first-order valence-corrected chi connectivity index (χ1v) is 6.63. The Balaban J connectivity index is 3.53. The van der Waals surface area contributed by atoms with Crippen molar-refractivity contribution in [2.45, 2.75) is 0 Å². The van der Waals surface area contributed by atoms with Crippen LogP contribution in [0.1, 0.15) is 0 Å². The van der Waals surface area contributed by atoms with Crippen LogP contribution in [-0.4, -0.2) is 21.2 Å². The lowest BCUT2D eigenvalue weighted by Crippen LogP contribution is -2.19. The van der Waals surface area contributed by atoms with Gasteiger partial charge in [-0.15, -0.1) is 0 Å². The quantitative estimate of drug-likeness (QED) is 0.500. The lowest BCUT2D eigenvalue weighted by Gasteiger charge is -2.07. The summed E-state index contributed by atoms with van der Waals surface area (Å²) in [5, 5.41) is 2.38. The summed E-state index contributed by atoms with van der Waals surface area (Å²) in [6.07, 6.45) is 1.50. The Bertz CT molecular complexity index is 155. The van der Waals surface area contributed by atoms with Gasteiger partial charge in [0.1, 0.15) is 0 Å². The van der Waals surface area contributed by atoms with Gasteiger partial charge in [-0.3, -0.25) is 9.71 Å². The summed E-state index contributed by atoms with van der Waals surface area (Å²) in [6.45, 7) is -2.83. The fourth-order valence-corrected chi connectivity index (χ4v) is 2.12. The van der Waals surface area contributed by atoms with Gasteiger partial charge in [0.25, 0.3) is 0 Å². The maximum absolute atomic E-state index is 10.3. The van der Waals surface area contributed by atoms with E-state index in [4.69, 9.17) is 10.4 Å². The molecule has 0 aliphatic rings. The third kappa shape index (κ3) is 8.68. The van der Waals surface area contributed by atoms with E-state index in [0.717, 1.165) is 0 Å². The van der Waals surface area contributed by atoms with Gasteiger partial charge in [-0.1, -0.05) is 0 Å². The van der Waals surface area contributed by atoms with E-state index in [1.807, 2.05) is 0 Å². The van der Waals surface area contributed by atoms with Crippen LogP contribution in [0.25, 0.3) is 0 Å². The van der Waals surface area contributed by atoms with E-state index >= 15 is 0 Å². The zero-order chi connectivity index (χ0) is 7.49. The van der Waals surface area contributed by atoms with Gasteiger partial charge in [-0.2, -0.15) is 0 Å². The zero-order valence-corrected chi connectivity index (χ0v) is 7.43. The van der Waals surface area contributed by atoms with Crippen LogP contribution < -0.4 is 10.6 Å². The normalized spacial score (nSPS) is 20.8. The van der Waals surface area contributed by atoms with Crippen LogP contribution in [0.4, 0.5) is 0 Å². The Labute approximate surface area is 61.5 Å². The Morgan fingerprint density at radius 1 is 2.00 bits per heavy atom. The molecule has 0 aromatic rings. The van der Waals surface area contributed by atoms with Crippen molar-refractivity contribution in [3.05, 3.63) is 0 Å². The smallest absolute Gasteiger partial charge is 0.193 e. The first-order chi connectivity index (χ1) is 3.92. The van der Waals surface area contributed by atoms with E-state index in [1.165, 1.54) is 6.26 Å². The van der Waals surface area contributed by atoms with Gasteiger partial charge >= 0.3 is 0 Å². The highest BCUT2D eigenvalue weighted by Crippen LogP contribution is 2.22. The molecule has 0 amide bonds. The van der Waals surface area contributed by atoms with Crippen LogP contribution in [-0.2, 0) is 22.6 Å². The molecule has 0 bridgehead atoms. The third-order valence-corrected chi connectivity index (χ3v) is 2.26. The minimum Gasteiger partial charge on any atom is -0.343 e. The van der Waals surface area contributed by atoms with Crippen LogP contribution in [0, 0.1) is 0 Å². The Morgan fingerprint density at radius 2 is 2.44 bits per heavy atom. The number of nitrogens with one attached hydrogen (secondary N) is 1. The second kappa shape index (κ2) is 3.75. The molecule has 0 fully saturated rings. The molecule has 4 nitrogen and oxygen atoms in total. The Hall–Kier alpha value is 0.680.